The number of hydrogen-bond donors (Lipinski definition) is 0. The lowest BCUT2D eigenvalue weighted by Crippen LogP contribution is -2.30. The topological polar surface area (TPSA) is 55.6 Å². The van der Waals surface area contributed by atoms with Gasteiger partial charge >= 0.3 is 0 Å². The van der Waals surface area contributed by atoms with Crippen LogP contribution in [0, 0.1) is 12.7 Å². The van der Waals surface area contributed by atoms with Crippen LogP contribution < -0.4 is 9.64 Å². The standard InChI is InChI=1S/C22H18ClFN2O3/c1-13-3-4-14(7-18(13)24)11-26-19-8-15(28-2)5-6-16(19)22(23)17(9-21(26)27)20-10-25-12-29-20/h3-8,10,12H,9,11H2,1-2H3. The lowest BCUT2D eigenvalue weighted by Gasteiger charge is -2.24. The summed E-state index contributed by atoms with van der Waals surface area (Å²) in [7, 11) is 1.55. The lowest BCUT2D eigenvalue weighted by atomic mass is 10.1. The van der Waals surface area contributed by atoms with E-state index < -0.39 is 0 Å². The van der Waals surface area contributed by atoms with Gasteiger partial charge in [0.25, 0.3) is 0 Å². The Morgan fingerprint density at radius 1 is 1.28 bits per heavy atom. The van der Waals surface area contributed by atoms with Gasteiger partial charge in [0.15, 0.2) is 12.2 Å². The van der Waals surface area contributed by atoms with Crippen molar-refractivity contribution in [2.75, 3.05) is 12.0 Å². The molecule has 0 fully saturated rings. The number of rotatable bonds is 4. The summed E-state index contributed by atoms with van der Waals surface area (Å²) in [6.45, 7) is 1.90. The van der Waals surface area contributed by atoms with Gasteiger partial charge in [0.1, 0.15) is 11.6 Å². The molecule has 2 aromatic carbocycles. The second kappa shape index (κ2) is 7.72. The average molecular weight is 413 g/mol. The van der Waals surface area contributed by atoms with Crippen LogP contribution in [-0.2, 0) is 11.3 Å². The van der Waals surface area contributed by atoms with E-state index in [0.29, 0.717) is 44.5 Å². The van der Waals surface area contributed by atoms with Gasteiger partial charge in [-0.05, 0) is 36.2 Å². The van der Waals surface area contributed by atoms with Gasteiger partial charge in [-0.2, -0.15) is 0 Å². The quantitative estimate of drug-likeness (QED) is 0.592. The number of amides is 1. The maximum absolute atomic E-state index is 14.1. The van der Waals surface area contributed by atoms with E-state index in [9.17, 15) is 9.18 Å². The minimum atomic E-state index is -0.311. The van der Waals surface area contributed by atoms with E-state index in [2.05, 4.69) is 4.98 Å². The van der Waals surface area contributed by atoms with Crippen molar-refractivity contribution in [2.45, 2.75) is 19.9 Å². The Hall–Kier alpha value is -3.12. The van der Waals surface area contributed by atoms with Crippen LogP contribution in [0.15, 0.2) is 53.4 Å². The third-order valence-corrected chi connectivity index (χ3v) is 5.36. The Morgan fingerprint density at radius 3 is 2.79 bits per heavy atom. The SMILES string of the molecule is COc1ccc2c(c1)N(Cc1ccc(C)c(F)c1)C(=O)CC(c1cnco1)=C2Cl. The van der Waals surface area contributed by atoms with Crippen molar-refractivity contribution in [1.82, 2.24) is 4.98 Å². The highest BCUT2D eigenvalue weighted by atomic mass is 35.5. The molecule has 0 atom stereocenters. The third kappa shape index (κ3) is 3.63. The first-order valence-electron chi connectivity index (χ1n) is 8.99. The number of aryl methyl sites for hydroxylation is 1. The number of ether oxygens (including phenoxy) is 1. The number of nitrogens with zero attached hydrogens (tertiary/aromatic N) is 2. The summed E-state index contributed by atoms with van der Waals surface area (Å²) in [5.41, 5.74) is 3.04. The zero-order valence-electron chi connectivity index (χ0n) is 15.9. The van der Waals surface area contributed by atoms with Crippen LogP contribution in [0.3, 0.4) is 0 Å². The summed E-state index contributed by atoms with van der Waals surface area (Å²) in [6, 6.07) is 10.3. The fourth-order valence-electron chi connectivity index (χ4n) is 3.32. The van der Waals surface area contributed by atoms with E-state index >= 15 is 0 Å². The number of carbonyl (C=O) groups excluding carboxylic acids is 1. The molecule has 0 saturated carbocycles. The normalized spacial score (nSPS) is 14.1. The molecule has 2 heterocycles. The molecule has 0 bridgehead atoms. The summed E-state index contributed by atoms with van der Waals surface area (Å²) in [4.78, 5) is 18.7. The summed E-state index contributed by atoms with van der Waals surface area (Å²) in [6.07, 6.45) is 2.85. The van der Waals surface area contributed by atoms with E-state index in [-0.39, 0.29) is 24.7 Å². The fraction of sp³-hybridized carbons (Fsp3) is 0.182. The van der Waals surface area contributed by atoms with Crippen LogP contribution in [0.4, 0.5) is 10.1 Å². The van der Waals surface area contributed by atoms with E-state index in [4.69, 9.17) is 20.8 Å². The van der Waals surface area contributed by atoms with Gasteiger partial charge in [-0.15, -0.1) is 0 Å². The van der Waals surface area contributed by atoms with Crippen molar-refractivity contribution >= 4 is 33.8 Å². The van der Waals surface area contributed by atoms with E-state index in [0.717, 1.165) is 0 Å². The first-order valence-corrected chi connectivity index (χ1v) is 9.37. The van der Waals surface area contributed by atoms with Crippen molar-refractivity contribution < 1.29 is 18.3 Å². The van der Waals surface area contributed by atoms with Crippen LogP contribution >= 0.6 is 11.6 Å². The monoisotopic (exact) mass is 412 g/mol. The van der Waals surface area contributed by atoms with E-state index in [1.807, 2.05) is 6.07 Å². The lowest BCUT2D eigenvalue weighted by molar-refractivity contribution is -0.117. The summed E-state index contributed by atoms with van der Waals surface area (Å²) >= 11 is 6.70. The Morgan fingerprint density at radius 2 is 2.10 bits per heavy atom. The Balaban J connectivity index is 1.83. The van der Waals surface area contributed by atoms with Gasteiger partial charge in [0.2, 0.25) is 5.91 Å². The maximum Gasteiger partial charge on any atom is 0.231 e. The molecule has 1 aliphatic heterocycles. The van der Waals surface area contributed by atoms with Crippen LogP contribution in [0.25, 0.3) is 10.6 Å². The first kappa shape index (κ1) is 19.2. The predicted molar refractivity (Wildman–Crippen MR) is 109 cm³/mol. The summed E-state index contributed by atoms with van der Waals surface area (Å²) in [5, 5.41) is 0.408. The number of benzene rings is 2. The summed E-state index contributed by atoms with van der Waals surface area (Å²) in [5.74, 6) is 0.522. The van der Waals surface area contributed by atoms with Crippen molar-refractivity contribution in [3.05, 3.63) is 77.3 Å². The van der Waals surface area contributed by atoms with Crippen molar-refractivity contribution in [3.63, 3.8) is 0 Å². The van der Waals surface area contributed by atoms with Gasteiger partial charge in [-0.3, -0.25) is 4.79 Å². The molecule has 0 radical (unpaired) electrons. The van der Waals surface area contributed by atoms with Crippen molar-refractivity contribution in [2.24, 2.45) is 0 Å². The predicted octanol–water partition coefficient (Wildman–Crippen LogP) is 5.17. The average Bonchev–Trinajstić information content (AvgIpc) is 3.23. The van der Waals surface area contributed by atoms with Gasteiger partial charge < -0.3 is 14.1 Å². The molecule has 4 rings (SSSR count). The molecular weight excluding hydrogens is 395 g/mol. The number of halogens is 2. The molecule has 5 nitrogen and oxygen atoms in total. The summed E-state index contributed by atoms with van der Waals surface area (Å²) < 4.78 is 24.8. The number of aromatic nitrogens is 1. The molecule has 0 N–H and O–H groups in total. The van der Waals surface area contributed by atoms with Crippen LogP contribution in [-0.4, -0.2) is 18.0 Å². The van der Waals surface area contributed by atoms with Crippen molar-refractivity contribution in [1.29, 1.82) is 0 Å². The molecule has 7 heteroatoms. The number of hydrogen-bond acceptors (Lipinski definition) is 4. The molecule has 3 aromatic rings. The molecule has 1 aliphatic rings. The molecule has 1 aromatic heterocycles. The third-order valence-electron chi connectivity index (χ3n) is 4.93. The molecule has 29 heavy (non-hydrogen) atoms. The van der Waals surface area contributed by atoms with E-state index in [1.54, 1.807) is 43.2 Å². The number of methoxy groups -OCH3 is 1. The largest absolute Gasteiger partial charge is 0.497 e. The minimum absolute atomic E-state index is 0.0271. The molecule has 0 unspecified atom stereocenters. The maximum atomic E-state index is 14.1. The van der Waals surface area contributed by atoms with Gasteiger partial charge in [-0.25, -0.2) is 9.37 Å². The van der Waals surface area contributed by atoms with Crippen LogP contribution in [0.5, 0.6) is 5.75 Å². The Labute approximate surface area is 172 Å². The van der Waals surface area contributed by atoms with E-state index in [1.165, 1.54) is 18.7 Å². The highest BCUT2D eigenvalue weighted by Crippen LogP contribution is 2.42. The first-order chi connectivity index (χ1) is 14.0. The number of carbonyl (C=O) groups is 1. The molecule has 1 amide bonds. The zero-order valence-corrected chi connectivity index (χ0v) is 16.7. The number of fused-ring (bicyclic) bond motifs is 1. The molecular formula is C22H18ClFN2O3. The molecule has 0 saturated heterocycles. The highest BCUT2D eigenvalue weighted by molar-refractivity contribution is 6.53. The fourth-order valence-corrected chi connectivity index (χ4v) is 3.64. The molecule has 0 spiro atoms. The van der Waals surface area contributed by atoms with Gasteiger partial charge in [0, 0.05) is 17.2 Å². The van der Waals surface area contributed by atoms with Crippen LogP contribution in [0.2, 0.25) is 0 Å². The number of anilines is 1. The highest BCUT2D eigenvalue weighted by Gasteiger charge is 2.29. The van der Waals surface area contributed by atoms with Gasteiger partial charge in [-0.1, -0.05) is 23.7 Å². The Kier molecular flexibility index (Phi) is 5.11. The molecule has 0 aliphatic carbocycles. The second-order valence-corrected chi connectivity index (χ2v) is 7.16. The number of oxazole rings is 1. The molecule has 148 valence electrons. The second-order valence-electron chi connectivity index (χ2n) is 6.78. The smallest absolute Gasteiger partial charge is 0.231 e. The Bertz CT molecular complexity index is 1110. The zero-order chi connectivity index (χ0) is 20.5. The van der Waals surface area contributed by atoms with Crippen LogP contribution in [0.1, 0.15) is 28.9 Å². The minimum Gasteiger partial charge on any atom is -0.497 e. The van der Waals surface area contributed by atoms with Gasteiger partial charge in [0.05, 0.1) is 37.0 Å². The van der Waals surface area contributed by atoms with Crippen molar-refractivity contribution in [3.8, 4) is 5.75 Å².